The van der Waals surface area contributed by atoms with Crippen LogP contribution in [0.2, 0.25) is 0 Å². The molecule has 0 aromatic rings. The van der Waals surface area contributed by atoms with Crippen LogP contribution < -0.4 is 10.6 Å². The fraction of sp³-hybridized carbons (Fsp3) is 0.923. The molecular weight excluding hydrogens is 301 g/mol. The highest BCUT2D eigenvalue weighted by Crippen LogP contribution is 2.33. The van der Waals surface area contributed by atoms with Crippen molar-refractivity contribution < 1.29 is 9.53 Å². The van der Waals surface area contributed by atoms with E-state index < -0.39 is 0 Å². The molecule has 0 aromatic carbocycles. The van der Waals surface area contributed by atoms with E-state index in [-0.39, 0.29) is 36.8 Å². The molecule has 20 heavy (non-hydrogen) atoms. The quantitative estimate of drug-likeness (QED) is 0.796. The van der Waals surface area contributed by atoms with Gasteiger partial charge in [0.25, 0.3) is 5.91 Å². The minimum absolute atomic E-state index is 0. The molecule has 3 unspecified atom stereocenters. The van der Waals surface area contributed by atoms with Gasteiger partial charge in [0.15, 0.2) is 0 Å². The molecule has 1 saturated carbocycles. The summed E-state index contributed by atoms with van der Waals surface area (Å²) < 4.78 is 5.48. The van der Waals surface area contributed by atoms with Gasteiger partial charge >= 0.3 is 0 Å². The Morgan fingerprint density at radius 2 is 2.10 bits per heavy atom. The van der Waals surface area contributed by atoms with E-state index >= 15 is 0 Å². The van der Waals surface area contributed by atoms with Crippen molar-refractivity contribution >= 4 is 30.7 Å². The maximum Gasteiger partial charge on any atom is 0.250 e. The minimum atomic E-state index is -0.302. The zero-order valence-corrected chi connectivity index (χ0v) is 13.5. The number of carbonyl (C=O) groups excluding carboxylic acids is 1. The van der Waals surface area contributed by atoms with Gasteiger partial charge in [-0.1, -0.05) is 0 Å². The fourth-order valence-electron chi connectivity index (χ4n) is 3.10. The number of nitrogens with zero attached hydrogens (tertiary/aromatic N) is 1. The van der Waals surface area contributed by atoms with Crippen LogP contribution in [0.15, 0.2) is 0 Å². The standard InChI is InChI=1S/C13H23N3O2.2ClH/c1-9-6-10(8-16(9)11-2-3-11)15-13(17)12-7-14-4-5-18-12;;/h9-12,14H,2-8H2,1H3,(H,15,17);2*1H. The van der Waals surface area contributed by atoms with Crippen molar-refractivity contribution in [3.63, 3.8) is 0 Å². The second-order valence-electron chi connectivity index (χ2n) is 5.78. The van der Waals surface area contributed by atoms with Crippen LogP contribution >= 0.6 is 24.8 Å². The topological polar surface area (TPSA) is 53.6 Å². The van der Waals surface area contributed by atoms with Crippen molar-refractivity contribution in [1.82, 2.24) is 15.5 Å². The first-order valence-electron chi connectivity index (χ1n) is 7.12. The van der Waals surface area contributed by atoms with Gasteiger partial charge in [0.1, 0.15) is 6.10 Å². The predicted molar refractivity (Wildman–Crippen MR) is 82.8 cm³/mol. The number of ether oxygens (including phenoxy) is 1. The number of likely N-dealkylation sites (tertiary alicyclic amines) is 1. The third-order valence-electron chi connectivity index (χ3n) is 4.21. The Balaban J connectivity index is 0.000001000. The number of morpholine rings is 1. The molecule has 1 amide bonds. The first kappa shape index (κ1) is 18.0. The summed E-state index contributed by atoms with van der Waals surface area (Å²) in [6.07, 6.45) is 3.44. The first-order chi connectivity index (χ1) is 8.74. The summed E-state index contributed by atoms with van der Waals surface area (Å²) in [6, 6.07) is 1.70. The Morgan fingerprint density at radius 1 is 1.35 bits per heavy atom. The van der Waals surface area contributed by atoms with Gasteiger partial charge in [0.05, 0.1) is 6.61 Å². The number of rotatable bonds is 3. The van der Waals surface area contributed by atoms with Crippen LogP contribution in [-0.2, 0) is 9.53 Å². The van der Waals surface area contributed by atoms with Crippen LogP contribution in [0.3, 0.4) is 0 Å². The molecule has 0 spiro atoms. The van der Waals surface area contributed by atoms with E-state index in [0.717, 1.165) is 25.6 Å². The molecule has 3 atom stereocenters. The van der Waals surface area contributed by atoms with Gasteiger partial charge in [0.2, 0.25) is 0 Å². The zero-order valence-electron chi connectivity index (χ0n) is 11.8. The van der Waals surface area contributed by atoms with Crippen molar-refractivity contribution in [2.24, 2.45) is 0 Å². The number of hydrogen-bond acceptors (Lipinski definition) is 4. The summed E-state index contributed by atoms with van der Waals surface area (Å²) in [6.45, 7) is 5.40. The molecule has 0 bridgehead atoms. The molecule has 5 nitrogen and oxygen atoms in total. The zero-order chi connectivity index (χ0) is 12.5. The number of nitrogens with one attached hydrogen (secondary N) is 2. The Labute approximate surface area is 133 Å². The molecule has 3 rings (SSSR count). The normalized spacial score (nSPS) is 34.0. The van der Waals surface area contributed by atoms with Gasteiger partial charge in [-0.3, -0.25) is 9.69 Å². The number of amides is 1. The summed E-state index contributed by atoms with van der Waals surface area (Å²) in [7, 11) is 0. The van der Waals surface area contributed by atoms with Crippen molar-refractivity contribution in [2.45, 2.75) is 50.4 Å². The second kappa shape index (κ2) is 7.80. The summed E-state index contributed by atoms with van der Waals surface area (Å²) >= 11 is 0. The van der Waals surface area contributed by atoms with Crippen molar-refractivity contribution in [3.8, 4) is 0 Å². The third-order valence-corrected chi connectivity index (χ3v) is 4.21. The highest BCUT2D eigenvalue weighted by atomic mass is 35.5. The largest absolute Gasteiger partial charge is 0.366 e. The summed E-state index contributed by atoms with van der Waals surface area (Å²) in [5.74, 6) is 0.0528. The van der Waals surface area contributed by atoms with Crippen LogP contribution in [0.1, 0.15) is 26.2 Å². The lowest BCUT2D eigenvalue weighted by Crippen LogP contribution is -2.50. The maximum atomic E-state index is 12.1. The number of hydrogen-bond donors (Lipinski definition) is 2. The molecule has 2 heterocycles. The van der Waals surface area contributed by atoms with E-state index in [9.17, 15) is 4.79 Å². The van der Waals surface area contributed by atoms with Gasteiger partial charge < -0.3 is 15.4 Å². The van der Waals surface area contributed by atoms with Crippen LogP contribution in [0.25, 0.3) is 0 Å². The average Bonchev–Trinajstić information content (AvgIpc) is 3.15. The van der Waals surface area contributed by atoms with Gasteiger partial charge in [-0.15, -0.1) is 24.8 Å². The summed E-state index contributed by atoms with van der Waals surface area (Å²) in [5, 5.41) is 6.34. The molecule has 2 N–H and O–H groups in total. The average molecular weight is 326 g/mol. The lowest BCUT2D eigenvalue weighted by atomic mass is 10.2. The third kappa shape index (κ3) is 4.21. The van der Waals surface area contributed by atoms with Crippen molar-refractivity contribution in [2.75, 3.05) is 26.2 Å². The minimum Gasteiger partial charge on any atom is -0.366 e. The van der Waals surface area contributed by atoms with E-state index in [4.69, 9.17) is 4.74 Å². The predicted octanol–water partition coefficient (Wildman–Crippen LogP) is 0.560. The Hall–Kier alpha value is -0.0700. The fourth-order valence-corrected chi connectivity index (χ4v) is 3.10. The highest BCUT2D eigenvalue weighted by Gasteiger charge is 2.39. The number of halogens is 2. The van der Waals surface area contributed by atoms with E-state index in [1.165, 1.54) is 12.8 Å². The van der Waals surface area contributed by atoms with Crippen LogP contribution in [0.5, 0.6) is 0 Å². The van der Waals surface area contributed by atoms with Gasteiger partial charge in [-0.2, -0.15) is 0 Å². The van der Waals surface area contributed by atoms with Crippen molar-refractivity contribution in [3.05, 3.63) is 0 Å². The van der Waals surface area contributed by atoms with E-state index in [1.54, 1.807) is 0 Å². The van der Waals surface area contributed by atoms with E-state index in [1.807, 2.05) is 0 Å². The van der Waals surface area contributed by atoms with E-state index in [0.29, 0.717) is 25.2 Å². The van der Waals surface area contributed by atoms with Crippen LogP contribution in [0.4, 0.5) is 0 Å². The van der Waals surface area contributed by atoms with Gasteiger partial charge in [-0.25, -0.2) is 0 Å². The second-order valence-corrected chi connectivity index (χ2v) is 5.78. The number of carbonyl (C=O) groups is 1. The lowest BCUT2D eigenvalue weighted by molar-refractivity contribution is -0.134. The molecule has 2 saturated heterocycles. The van der Waals surface area contributed by atoms with Gasteiger partial charge in [0, 0.05) is 37.8 Å². The molecular formula is C13H25Cl2N3O2. The summed E-state index contributed by atoms with van der Waals surface area (Å²) in [5.41, 5.74) is 0. The van der Waals surface area contributed by atoms with Crippen LogP contribution in [0, 0.1) is 0 Å². The lowest BCUT2D eigenvalue weighted by Gasteiger charge is -2.24. The Kier molecular flexibility index (Phi) is 7.01. The van der Waals surface area contributed by atoms with Crippen molar-refractivity contribution in [1.29, 1.82) is 0 Å². The highest BCUT2D eigenvalue weighted by molar-refractivity contribution is 5.85. The molecule has 3 aliphatic rings. The van der Waals surface area contributed by atoms with E-state index in [2.05, 4.69) is 22.5 Å². The van der Waals surface area contributed by atoms with Gasteiger partial charge in [-0.05, 0) is 26.2 Å². The van der Waals surface area contributed by atoms with Crippen LogP contribution in [-0.4, -0.2) is 61.3 Å². The molecule has 0 aromatic heterocycles. The molecule has 0 radical (unpaired) electrons. The molecule has 7 heteroatoms. The molecule has 118 valence electrons. The monoisotopic (exact) mass is 325 g/mol. The molecule has 1 aliphatic carbocycles. The smallest absolute Gasteiger partial charge is 0.250 e. The Bertz CT molecular complexity index is 323. The maximum absolute atomic E-state index is 12.1. The first-order valence-corrected chi connectivity index (χ1v) is 7.12. The molecule has 3 fully saturated rings. The molecule has 2 aliphatic heterocycles. The SMILES string of the molecule is CC1CC(NC(=O)C2CNCCO2)CN1C1CC1.Cl.Cl. The summed E-state index contributed by atoms with van der Waals surface area (Å²) in [4.78, 5) is 14.6. The Morgan fingerprint density at radius 3 is 2.70 bits per heavy atom.